The van der Waals surface area contributed by atoms with E-state index in [1.807, 2.05) is 0 Å². The van der Waals surface area contributed by atoms with Crippen LogP contribution in [0.5, 0.6) is 6.01 Å². The molecule has 1 fully saturated rings. The largest absolute Gasteiger partial charge is 0.463 e. The minimum Gasteiger partial charge on any atom is -0.463 e. The van der Waals surface area contributed by atoms with Crippen LogP contribution in [0.2, 0.25) is 0 Å². The minimum absolute atomic E-state index is 0.0458. The maximum atomic E-state index is 11.1. The van der Waals surface area contributed by atoms with Crippen molar-refractivity contribution in [2.24, 2.45) is 0 Å². The van der Waals surface area contributed by atoms with Gasteiger partial charge in [0.1, 0.15) is 18.8 Å². The molecule has 1 aromatic heterocycles. The normalized spacial score (nSPS) is 31.5. The summed E-state index contributed by atoms with van der Waals surface area (Å²) in [5, 5.41) is 10.1. The number of fused-ring (bicyclic) bond motifs is 3. The first-order valence-electron chi connectivity index (χ1n) is 5.79. The maximum Gasteiger partial charge on any atom is 0.302 e. The molecule has 3 rings (SSSR count). The molecule has 2 aliphatic rings. The van der Waals surface area contributed by atoms with E-state index in [-0.39, 0.29) is 12.6 Å². The quantitative estimate of drug-likeness (QED) is 0.674. The van der Waals surface area contributed by atoms with Crippen molar-refractivity contribution < 1.29 is 24.1 Å². The fraction of sp³-hybridized carbons (Fsp3) is 0.545. The summed E-state index contributed by atoms with van der Waals surface area (Å²) in [5.41, 5.74) is -0.419. The first-order valence-corrected chi connectivity index (χ1v) is 5.79. The molecule has 0 saturated carbocycles. The van der Waals surface area contributed by atoms with E-state index < -0.39 is 36.1 Å². The van der Waals surface area contributed by atoms with Crippen molar-refractivity contribution in [2.45, 2.75) is 31.5 Å². The number of esters is 1. The third kappa shape index (κ3) is 1.98. The fourth-order valence-electron chi connectivity index (χ4n) is 2.21. The third-order valence-corrected chi connectivity index (χ3v) is 3.08. The molecule has 3 heterocycles. The Kier molecular flexibility index (Phi) is 2.76. The van der Waals surface area contributed by atoms with E-state index in [2.05, 4.69) is 4.98 Å². The Morgan fingerprint density at radius 2 is 2.42 bits per heavy atom. The molecule has 8 nitrogen and oxygen atoms in total. The number of rotatable bonds is 2. The van der Waals surface area contributed by atoms with Crippen molar-refractivity contribution in [1.82, 2.24) is 9.55 Å². The van der Waals surface area contributed by atoms with E-state index in [0.717, 1.165) is 0 Å². The average molecular weight is 268 g/mol. The number of hydrogen-bond donors (Lipinski definition) is 1. The van der Waals surface area contributed by atoms with Crippen molar-refractivity contribution in [3.63, 3.8) is 0 Å². The predicted molar refractivity (Wildman–Crippen MR) is 59.5 cm³/mol. The van der Waals surface area contributed by atoms with Gasteiger partial charge in [-0.05, 0) is 0 Å². The predicted octanol–water partition coefficient (Wildman–Crippen LogP) is -1.17. The van der Waals surface area contributed by atoms with Crippen LogP contribution in [0.4, 0.5) is 0 Å². The standard InChI is InChI=1S/C11H12N2O6/c1-5(14)17-4-6-8(16)9-10(18-6)13-3-2-7(15)12-11(13)19-9/h2-3,6,8-10,16H,4H2,1H3/t6-,8-,9-,10+/m0/s1. The molecule has 102 valence electrons. The molecule has 1 N–H and O–H groups in total. The Bertz CT molecular complexity index is 571. The van der Waals surface area contributed by atoms with Crippen LogP contribution in [0.1, 0.15) is 13.2 Å². The Morgan fingerprint density at radius 3 is 3.16 bits per heavy atom. The molecule has 2 aliphatic heterocycles. The van der Waals surface area contributed by atoms with Gasteiger partial charge in [-0.3, -0.25) is 14.2 Å². The third-order valence-electron chi connectivity index (χ3n) is 3.08. The highest BCUT2D eigenvalue weighted by atomic mass is 16.6. The van der Waals surface area contributed by atoms with Gasteiger partial charge in [-0.15, -0.1) is 0 Å². The van der Waals surface area contributed by atoms with E-state index in [4.69, 9.17) is 14.2 Å². The lowest BCUT2D eigenvalue weighted by atomic mass is 10.1. The zero-order valence-electron chi connectivity index (χ0n) is 10.1. The van der Waals surface area contributed by atoms with Crippen molar-refractivity contribution >= 4 is 5.97 Å². The van der Waals surface area contributed by atoms with Gasteiger partial charge in [-0.2, -0.15) is 4.98 Å². The smallest absolute Gasteiger partial charge is 0.302 e. The van der Waals surface area contributed by atoms with Crippen LogP contribution in [0, 0.1) is 0 Å². The molecule has 1 aromatic rings. The highest BCUT2D eigenvalue weighted by Gasteiger charge is 2.51. The lowest BCUT2D eigenvalue weighted by Crippen LogP contribution is -2.36. The van der Waals surface area contributed by atoms with Crippen LogP contribution < -0.4 is 10.3 Å². The van der Waals surface area contributed by atoms with E-state index >= 15 is 0 Å². The van der Waals surface area contributed by atoms with E-state index in [9.17, 15) is 14.7 Å². The summed E-state index contributed by atoms with van der Waals surface area (Å²) in [7, 11) is 0. The van der Waals surface area contributed by atoms with Gasteiger partial charge in [0.15, 0.2) is 12.3 Å². The topological polar surface area (TPSA) is 99.9 Å². The lowest BCUT2D eigenvalue weighted by molar-refractivity contribution is -0.147. The first-order chi connectivity index (χ1) is 9.06. The number of carbonyl (C=O) groups excluding carboxylic acids is 1. The van der Waals surface area contributed by atoms with Gasteiger partial charge < -0.3 is 19.3 Å². The number of nitrogens with zero attached hydrogens (tertiary/aromatic N) is 2. The molecule has 0 amide bonds. The van der Waals surface area contributed by atoms with Gasteiger partial charge in [0.05, 0.1) is 0 Å². The maximum absolute atomic E-state index is 11.1. The van der Waals surface area contributed by atoms with Crippen LogP contribution in [-0.4, -0.2) is 45.5 Å². The van der Waals surface area contributed by atoms with Gasteiger partial charge >= 0.3 is 12.0 Å². The molecular weight excluding hydrogens is 256 g/mol. The van der Waals surface area contributed by atoms with Crippen LogP contribution >= 0.6 is 0 Å². The summed E-state index contributed by atoms with van der Waals surface area (Å²) in [6.45, 7) is 1.23. The van der Waals surface area contributed by atoms with Crippen LogP contribution in [0.3, 0.4) is 0 Å². The van der Waals surface area contributed by atoms with Gasteiger partial charge in [0.2, 0.25) is 0 Å². The summed E-state index contributed by atoms with van der Waals surface area (Å²) in [4.78, 5) is 25.5. The monoisotopic (exact) mass is 268 g/mol. The van der Waals surface area contributed by atoms with E-state index in [0.29, 0.717) is 0 Å². The Morgan fingerprint density at radius 1 is 1.63 bits per heavy atom. The van der Waals surface area contributed by atoms with Gasteiger partial charge in [-0.25, -0.2) is 0 Å². The number of aliphatic hydroxyl groups excluding tert-OH is 1. The molecule has 0 bridgehead atoms. The van der Waals surface area contributed by atoms with Gasteiger partial charge in [0.25, 0.3) is 5.56 Å². The number of carbonyl (C=O) groups is 1. The first kappa shape index (κ1) is 12.1. The van der Waals surface area contributed by atoms with Crippen molar-refractivity contribution in [3.05, 3.63) is 22.6 Å². The molecule has 0 unspecified atom stereocenters. The van der Waals surface area contributed by atoms with Crippen molar-refractivity contribution in [3.8, 4) is 6.01 Å². The van der Waals surface area contributed by atoms with E-state index in [1.54, 1.807) is 0 Å². The molecule has 0 aliphatic carbocycles. The number of hydrogen-bond acceptors (Lipinski definition) is 7. The lowest BCUT2D eigenvalue weighted by Gasteiger charge is -2.16. The second-order valence-electron chi connectivity index (χ2n) is 4.40. The highest BCUT2D eigenvalue weighted by molar-refractivity contribution is 5.65. The molecule has 8 heteroatoms. The molecule has 4 atom stereocenters. The zero-order chi connectivity index (χ0) is 13.6. The number of aliphatic hydroxyl groups is 1. The highest BCUT2D eigenvalue weighted by Crippen LogP contribution is 2.38. The van der Waals surface area contributed by atoms with Gasteiger partial charge in [-0.1, -0.05) is 0 Å². The Balaban J connectivity index is 1.79. The number of aromatic nitrogens is 2. The Hall–Kier alpha value is -1.93. The van der Waals surface area contributed by atoms with Crippen molar-refractivity contribution in [1.29, 1.82) is 0 Å². The summed E-state index contributed by atoms with van der Waals surface area (Å²) in [6, 6.07) is 1.40. The SMILES string of the molecule is CC(=O)OC[C@@H]1O[C@@H]2[C@@H](Oc3nc(=O)ccn32)[C@H]1O. The molecule has 0 spiro atoms. The summed E-state index contributed by atoms with van der Waals surface area (Å²) >= 11 is 0. The average Bonchev–Trinajstić information content (AvgIpc) is 2.84. The fourth-order valence-corrected chi connectivity index (χ4v) is 2.21. The second-order valence-corrected chi connectivity index (χ2v) is 4.40. The molecular formula is C11H12N2O6. The molecule has 0 aromatic carbocycles. The number of ether oxygens (including phenoxy) is 3. The second kappa shape index (κ2) is 4.32. The van der Waals surface area contributed by atoms with E-state index in [1.165, 1.54) is 23.8 Å². The summed E-state index contributed by atoms with van der Waals surface area (Å²) < 4.78 is 17.3. The minimum atomic E-state index is -0.957. The van der Waals surface area contributed by atoms with Crippen molar-refractivity contribution in [2.75, 3.05) is 6.61 Å². The van der Waals surface area contributed by atoms with Crippen LogP contribution in [0.15, 0.2) is 17.1 Å². The summed E-state index contributed by atoms with van der Waals surface area (Å²) in [5.74, 6) is -0.445. The molecule has 0 radical (unpaired) electrons. The Labute approximate surface area is 107 Å². The van der Waals surface area contributed by atoms with Gasteiger partial charge in [0, 0.05) is 19.2 Å². The molecule has 19 heavy (non-hydrogen) atoms. The van der Waals surface area contributed by atoms with Crippen LogP contribution in [-0.2, 0) is 14.3 Å². The van der Waals surface area contributed by atoms with Crippen LogP contribution in [0.25, 0.3) is 0 Å². The summed E-state index contributed by atoms with van der Waals surface area (Å²) in [6.07, 6.45) is -1.35. The zero-order valence-corrected chi connectivity index (χ0v) is 10.1. The molecule has 1 saturated heterocycles.